The van der Waals surface area contributed by atoms with Gasteiger partial charge in [-0.25, -0.2) is 4.79 Å². The Labute approximate surface area is 212 Å². The van der Waals surface area contributed by atoms with Crippen molar-refractivity contribution in [1.29, 1.82) is 10.8 Å². The van der Waals surface area contributed by atoms with Crippen LogP contribution in [0.2, 0.25) is 0 Å². The van der Waals surface area contributed by atoms with Crippen LogP contribution in [0.4, 0.5) is 0 Å². The first-order valence-corrected chi connectivity index (χ1v) is 11.3. The van der Waals surface area contributed by atoms with E-state index in [2.05, 4.69) is 31.9 Å². The van der Waals surface area contributed by atoms with Crippen LogP contribution >= 0.6 is 0 Å². The molecule has 0 spiro atoms. The number of aliphatic carboxylic acids is 1. The molecule has 0 aromatic rings. The average molecular weight is 532 g/mol. The number of aliphatic hydroxyl groups is 1. The summed E-state index contributed by atoms with van der Waals surface area (Å²) in [6, 6.07) is -3.64. The molecule has 18 nitrogen and oxygen atoms in total. The Hall–Kier alpha value is -4.19. The fourth-order valence-electron chi connectivity index (χ4n) is 2.73. The third-order valence-electron chi connectivity index (χ3n) is 4.64. The van der Waals surface area contributed by atoms with E-state index in [4.69, 9.17) is 33.1 Å². The zero-order chi connectivity index (χ0) is 28.4. The molecule has 16 N–H and O–H groups in total. The summed E-state index contributed by atoms with van der Waals surface area (Å²) in [6.45, 7) is -1.23. The van der Waals surface area contributed by atoms with E-state index in [0.717, 1.165) is 0 Å². The summed E-state index contributed by atoms with van der Waals surface area (Å²) in [7, 11) is 0. The molecule has 0 aliphatic carbocycles. The molecular formula is C19H37N11O7. The number of carboxylic acids is 1. The minimum atomic E-state index is -1.30. The molecule has 0 radical (unpaired) electrons. The number of carbonyl (C=O) groups excluding carboxylic acids is 4. The molecule has 0 aromatic heterocycles. The normalized spacial score (nSPS) is 12.7. The van der Waals surface area contributed by atoms with Crippen LogP contribution in [0.5, 0.6) is 0 Å². The van der Waals surface area contributed by atoms with Crippen LogP contribution < -0.4 is 49.1 Å². The fourth-order valence-corrected chi connectivity index (χ4v) is 2.73. The molecule has 0 rings (SSSR count). The van der Waals surface area contributed by atoms with Gasteiger partial charge in [-0.1, -0.05) is 0 Å². The van der Waals surface area contributed by atoms with Gasteiger partial charge in [0.25, 0.3) is 0 Å². The van der Waals surface area contributed by atoms with Gasteiger partial charge < -0.3 is 59.3 Å². The van der Waals surface area contributed by atoms with Crippen molar-refractivity contribution < 1.29 is 34.2 Å². The number of hydrogen-bond acceptors (Lipinski definition) is 9. The molecule has 0 fully saturated rings. The Kier molecular flexibility index (Phi) is 16.1. The molecule has 0 saturated heterocycles. The fraction of sp³-hybridized carbons (Fsp3) is 0.632. The van der Waals surface area contributed by atoms with Gasteiger partial charge in [0, 0.05) is 13.1 Å². The highest BCUT2D eigenvalue weighted by atomic mass is 16.4. The number of rotatable bonds is 18. The Morgan fingerprint density at radius 3 is 1.73 bits per heavy atom. The predicted molar refractivity (Wildman–Crippen MR) is 131 cm³/mol. The molecule has 0 aromatic carbocycles. The molecule has 0 heterocycles. The van der Waals surface area contributed by atoms with Gasteiger partial charge >= 0.3 is 5.97 Å². The maximum absolute atomic E-state index is 12.8. The van der Waals surface area contributed by atoms with E-state index in [1.54, 1.807) is 0 Å². The number of aliphatic hydroxyl groups excluding tert-OH is 1. The minimum absolute atomic E-state index is 0.0234. The van der Waals surface area contributed by atoms with Crippen LogP contribution in [-0.4, -0.2) is 103 Å². The molecular weight excluding hydrogens is 494 g/mol. The predicted octanol–water partition coefficient (Wildman–Crippen LogP) is -5.88. The minimum Gasteiger partial charge on any atom is -0.480 e. The maximum atomic E-state index is 12.8. The SMILES string of the molecule is N=C(N)NCCC[C@H](NC(=O)[C@H](CCCNC(=N)N)NC(=O)CNC(=O)CNC(=O)[C@@H](N)CO)C(=O)O. The number of hydrogen-bond donors (Lipinski definition) is 13. The zero-order valence-corrected chi connectivity index (χ0v) is 20.3. The average Bonchev–Trinajstić information content (AvgIpc) is 2.83. The van der Waals surface area contributed by atoms with Crippen molar-refractivity contribution in [2.75, 3.05) is 32.8 Å². The summed E-state index contributed by atoms with van der Waals surface area (Å²) in [5.41, 5.74) is 15.7. The number of guanidine groups is 2. The molecule has 0 bridgehead atoms. The van der Waals surface area contributed by atoms with Gasteiger partial charge in [-0.2, -0.15) is 0 Å². The topological polar surface area (TPSA) is 324 Å². The van der Waals surface area contributed by atoms with Gasteiger partial charge in [0.05, 0.1) is 19.7 Å². The highest BCUT2D eigenvalue weighted by Crippen LogP contribution is 2.02. The van der Waals surface area contributed by atoms with Crippen LogP contribution in [0.1, 0.15) is 25.7 Å². The Bertz CT molecular complexity index is 824. The monoisotopic (exact) mass is 531 g/mol. The van der Waals surface area contributed by atoms with E-state index in [1.807, 2.05) is 0 Å². The maximum Gasteiger partial charge on any atom is 0.326 e. The van der Waals surface area contributed by atoms with Crippen LogP contribution in [0, 0.1) is 10.8 Å². The van der Waals surface area contributed by atoms with E-state index in [9.17, 15) is 29.1 Å². The van der Waals surface area contributed by atoms with E-state index >= 15 is 0 Å². The van der Waals surface area contributed by atoms with Crippen LogP contribution in [0.3, 0.4) is 0 Å². The van der Waals surface area contributed by atoms with Crippen molar-refractivity contribution in [3.8, 4) is 0 Å². The second kappa shape index (κ2) is 18.1. The molecule has 0 unspecified atom stereocenters. The van der Waals surface area contributed by atoms with Gasteiger partial charge in [-0.05, 0) is 25.7 Å². The number of nitrogens with one attached hydrogen (secondary N) is 8. The van der Waals surface area contributed by atoms with Gasteiger partial charge in [0.15, 0.2) is 11.9 Å². The van der Waals surface area contributed by atoms with Crippen molar-refractivity contribution in [1.82, 2.24) is 31.9 Å². The number of nitrogens with two attached hydrogens (primary N) is 3. The third-order valence-corrected chi connectivity index (χ3v) is 4.64. The second-order valence-electron chi connectivity index (χ2n) is 7.77. The van der Waals surface area contributed by atoms with E-state index in [-0.39, 0.29) is 50.7 Å². The summed E-state index contributed by atoms with van der Waals surface area (Å²) < 4.78 is 0. The quantitative estimate of drug-likeness (QED) is 0.0446. The number of carboxylic acid groups (broad SMARTS) is 1. The highest BCUT2D eigenvalue weighted by Gasteiger charge is 2.26. The van der Waals surface area contributed by atoms with E-state index in [1.165, 1.54) is 0 Å². The first-order valence-electron chi connectivity index (χ1n) is 11.3. The molecule has 37 heavy (non-hydrogen) atoms. The van der Waals surface area contributed by atoms with Gasteiger partial charge in [0.1, 0.15) is 18.1 Å². The lowest BCUT2D eigenvalue weighted by Crippen LogP contribution is -2.53. The van der Waals surface area contributed by atoms with Crippen molar-refractivity contribution in [3.63, 3.8) is 0 Å². The Balaban J connectivity index is 4.96. The number of carbonyl (C=O) groups is 5. The summed E-state index contributed by atoms with van der Waals surface area (Å²) in [4.78, 5) is 59.9. The zero-order valence-electron chi connectivity index (χ0n) is 20.3. The molecule has 4 amide bonds. The van der Waals surface area contributed by atoms with Crippen LogP contribution in [-0.2, 0) is 24.0 Å². The third kappa shape index (κ3) is 16.2. The lowest BCUT2D eigenvalue weighted by Gasteiger charge is -2.22. The van der Waals surface area contributed by atoms with Crippen molar-refractivity contribution in [2.24, 2.45) is 17.2 Å². The molecule has 210 valence electrons. The first kappa shape index (κ1) is 32.8. The molecule has 3 atom stereocenters. The Morgan fingerprint density at radius 2 is 1.24 bits per heavy atom. The van der Waals surface area contributed by atoms with E-state index < -0.39 is 67.4 Å². The largest absolute Gasteiger partial charge is 0.480 e. The lowest BCUT2D eigenvalue weighted by molar-refractivity contribution is -0.142. The first-order chi connectivity index (χ1) is 17.4. The Morgan fingerprint density at radius 1 is 0.730 bits per heavy atom. The van der Waals surface area contributed by atoms with Crippen molar-refractivity contribution >= 4 is 41.5 Å². The van der Waals surface area contributed by atoms with Crippen LogP contribution in [0.25, 0.3) is 0 Å². The smallest absolute Gasteiger partial charge is 0.326 e. The van der Waals surface area contributed by atoms with Crippen molar-refractivity contribution in [3.05, 3.63) is 0 Å². The summed E-state index contributed by atoms with van der Waals surface area (Å²) >= 11 is 0. The molecule has 18 heteroatoms. The van der Waals surface area contributed by atoms with Crippen molar-refractivity contribution in [2.45, 2.75) is 43.8 Å². The van der Waals surface area contributed by atoms with E-state index in [0.29, 0.717) is 0 Å². The highest BCUT2D eigenvalue weighted by molar-refractivity contribution is 5.93. The molecule has 0 aliphatic heterocycles. The summed E-state index contributed by atoms with van der Waals surface area (Å²) in [6.07, 6.45) is 0.638. The van der Waals surface area contributed by atoms with Gasteiger partial charge in [-0.3, -0.25) is 30.0 Å². The second-order valence-corrected chi connectivity index (χ2v) is 7.77. The van der Waals surface area contributed by atoms with Crippen LogP contribution in [0.15, 0.2) is 0 Å². The summed E-state index contributed by atoms with van der Waals surface area (Å²) in [5, 5.41) is 46.7. The lowest BCUT2D eigenvalue weighted by atomic mass is 10.1. The molecule has 0 saturated carbocycles. The summed E-state index contributed by atoms with van der Waals surface area (Å²) in [5.74, 6) is -4.89. The molecule has 0 aliphatic rings. The van der Waals surface area contributed by atoms with Gasteiger partial charge in [0.2, 0.25) is 23.6 Å². The number of amides is 4. The van der Waals surface area contributed by atoms with Gasteiger partial charge in [-0.15, -0.1) is 0 Å². The standard InChI is InChI=1S/C19H37N11O7/c20-10(9-31)15(34)28-7-13(32)27-8-14(33)29-11(3-1-5-25-18(21)22)16(35)30-12(17(36)37)4-2-6-26-19(23)24/h10-12,31H,1-9,20H2,(H,27,32)(H,28,34)(H,29,33)(H,30,35)(H,36,37)(H4,21,22,25)(H4,23,24,26)/t10-,11-,12-/m0/s1.